The van der Waals surface area contributed by atoms with Gasteiger partial charge in [-0.05, 0) is 51.7 Å². The van der Waals surface area contributed by atoms with Gasteiger partial charge in [-0.1, -0.05) is 6.92 Å². The lowest BCUT2D eigenvalue weighted by Gasteiger charge is -2.32. The molecular formula is C12H24N2O2. The minimum absolute atomic E-state index is 0.352. The normalized spacial score (nSPS) is 19.9. The van der Waals surface area contributed by atoms with Gasteiger partial charge >= 0.3 is 5.97 Å². The average molecular weight is 228 g/mol. The summed E-state index contributed by atoms with van der Waals surface area (Å²) in [5.41, 5.74) is 0. The summed E-state index contributed by atoms with van der Waals surface area (Å²) in [7, 11) is 0. The van der Waals surface area contributed by atoms with E-state index >= 15 is 0 Å². The SMILES string of the molecule is CCCN(CC1CCNCC1)C(C)C(=O)O. The van der Waals surface area contributed by atoms with Crippen LogP contribution in [-0.4, -0.2) is 48.2 Å². The number of hydrogen-bond donors (Lipinski definition) is 2. The molecule has 0 spiro atoms. The van der Waals surface area contributed by atoms with Gasteiger partial charge in [0.15, 0.2) is 0 Å². The van der Waals surface area contributed by atoms with Gasteiger partial charge in [0.25, 0.3) is 0 Å². The van der Waals surface area contributed by atoms with E-state index in [1.54, 1.807) is 6.92 Å². The molecule has 1 heterocycles. The lowest BCUT2D eigenvalue weighted by atomic mass is 9.97. The molecule has 1 saturated heterocycles. The summed E-state index contributed by atoms with van der Waals surface area (Å²) in [6.07, 6.45) is 3.36. The third kappa shape index (κ3) is 4.10. The molecule has 0 bridgehead atoms. The molecule has 0 radical (unpaired) electrons. The molecule has 1 unspecified atom stereocenters. The van der Waals surface area contributed by atoms with Crippen molar-refractivity contribution in [2.45, 2.75) is 39.2 Å². The Morgan fingerprint density at radius 1 is 1.50 bits per heavy atom. The molecule has 1 aliphatic heterocycles. The van der Waals surface area contributed by atoms with E-state index in [9.17, 15) is 4.79 Å². The number of carboxylic acid groups (broad SMARTS) is 1. The zero-order chi connectivity index (χ0) is 12.0. The van der Waals surface area contributed by atoms with E-state index in [-0.39, 0.29) is 6.04 Å². The molecule has 1 fully saturated rings. The Hall–Kier alpha value is -0.610. The summed E-state index contributed by atoms with van der Waals surface area (Å²) in [5, 5.41) is 12.4. The zero-order valence-electron chi connectivity index (χ0n) is 10.4. The molecule has 1 rings (SSSR count). The molecule has 0 aromatic rings. The van der Waals surface area contributed by atoms with Crippen LogP contribution in [0, 0.1) is 5.92 Å². The van der Waals surface area contributed by atoms with Gasteiger partial charge < -0.3 is 10.4 Å². The molecule has 4 nitrogen and oxygen atoms in total. The zero-order valence-corrected chi connectivity index (χ0v) is 10.4. The van der Waals surface area contributed by atoms with Crippen LogP contribution in [-0.2, 0) is 4.79 Å². The summed E-state index contributed by atoms with van der Waals surface area (Å²) in [6, 6.07) is -0.352. The maximum absolute atomic E-state index is 11.0. The molecule has 16 heavy (non-hydrogen) atoms. The number of carboxylic acids is 1. The third-order valence-electron chi connectivity index (χ3n) is 3.37. The molecule has 0 aliphatic carbocycles. The van der Waals surface area contributed by atoms with Crippen molar-refractivity contribution in [2.24, 2.45) is 5.92 Å². The molecule has 4 heteroatoms. The maximum atomic E-state index is 11.0. The summed E-state index contributed by atoms with van der Waals surface area (Å²) >= 11 is 0. The van der Waals surface area contributed by atoms with Gasteiger partial charge in [-0.2, -0.15) is 0 Å². The van der Waals surface area contributed by atoms with Crippen molar-refractivity contribution in [3.63, 3.8) is 0 Å². The van der Waals surface area contributed by atoms with Gasteiger partial charge in [0, 0.05) is 6.54 Å². The van der Waals surface area contributed by atoms with Crippen molar-refractivity contribution >= 4 is 5.97 Å². The predicted molar refractivity (Wildman–Crippen MR) is 64.6 cm³/mol. The Morgan fingerprint density at radius 3 is 2.62 bits per heavy atom. The Balaban J connectivity index is 2.45. The number of nitrogens with one attached hydrogen (secondary N) is 1. The van der Waals surface area contributed by atoms with E-state index in [4.69, 9.17) is 5.11 Å². The fraction of sp³-hybridized carbons (Fsp3) is 0.917. The first-order valence-electron chi connectivity index (χ1n) is 6.32. The number of carbonyl (C=O) groups is 1. The molecular weight excluding hydrogens is 204 g/mol. The van der Waals surface area contributed by atoms with Crippen LogP contribution in [0.2, 0.25) is 0 Å². The summed E-state index contributed by atoms with van der Waals surface area (Å²) in [5.74, 6) is -0.0445. The second-order valence-electron chi connectivity index (χ2n) is 4.70. The largest absolute Gasteiger partial charge is 0.480 e. The quantitative estimate of drug-likeness (QED) is 0.716. The van der Waals surface area contributed by atoms with Crippen LogP contribution in [0.25, 0.3) is 0 Å². The number of hydrogen-bond acceptors (Lipinski definition) is 3. The Kier molecular flexibility index (Phi) is 5.77. The highest BCUT2D eigenvalue weighted by Gasteiger charge is 2.23. The minimum atomic E-state index is -0.706. The number of rotatable bonds is 6. The van der Waals surface area contributed by atoms with Gasteiger partial charge in [0.2, 0.25) is 0 Å². The number of aliphatic carboxylic acids is 1. The van der Waals surface area contributed by atoms with Crippen LogP contribution in [0.4, 0.5) is 0 Å². The lowest BCUT2D eigenvalue weighted by Crippen LogP contribution is -2.44. The van der Waals surface area contributed by atoms with Crippen molar-refractivity contribution < 1.29 is 9.90 Å². The minimum Gasteiger partial charge on any atom is -0.480 e. The first-order chi connectivity index (χ1) is 7.65. The van der Waals surface area contributed by atoms with E-state index in [1.807, 2.05) is 0 Å². The van der Waals surface area contributed by atoms with Crippen molar-refractivity contribution in [3.05, 3.63) is 0 Å². The molecule has 0 amide bonds. The van der Waals surface area contributed by atoms with Crippen LogP contribution in [0.1, 0.15) is 33.1 Å². The molecule has 1 aliphatic rings. The van der Waals surface area contributed by atoms with Crippen molar-refractivity contribution in [2.75, 3.05) is 26.2 Å². The fourth-order valence-electron chi connectivity index (χ4n) is 2.28. The molecule has 94 valence electrons. The second kappa shape index (κ2) is 6.86. The molecule has 2 N–H and O–H groups in total. The van der Waals surface area contributed by atoms with Gasteiger partial charge in [0.1, 0.15) is 6.04 Å². The van der Waals surface area contributed by atoms with Crippen LogP contribution in [0.3, 0.4) is 0 Å². The standard InChI is InChI=1S/C12H24N2O2/c1-3-8-14(10(2)12(15)16)9-11-4-6-13-7-5-11/h10-11,13H,3-9H2,1-2H3,(H,15,16). The van der Waals surface area contributed by atoms with E-state index in [1.165, 1.54) is 12.8 Å². The Bertz CT molecular complexity index is 215. The number of piperidine rings is 1. The lowest BCUT2D eigenvalue weighted by molar-refractivity contribution is -0.142. The Labute approximate surface area is 98.0 Å². The van der Waals surface area contributed by atoms with Gasteiger partial charge in [0.05, 0.1) is 0 Å². The van der Waals surface area contributed by atoms with E-state index in [2.05, 4.69) is 17.1 Å². The summed E-state index contributed by atoms with van der Waals surface area (Å²) in [4.78, 5) is 13.1. The van der Waals surface area contributed by atoms with E-state index in [0.29, 0.717) is 5.92 Å². The van der Waals surface area contributed by atoms with Crippen LogP contribution < -0.4 is 5.32 Å². The van der Waals surface area contributed by atoms with Crippen LogP contribution >= 0.6 is 0 Å². The third-order valence-corrected chi connectivity index (χ3v) is 3.37. The van der Waals surface area contributed by atoms with Crippen molar-refractivity contribution in [3.8, 4) is 0 Å². The number of nitrogens with zero attached hydrogens (tertiary/aromatic N) is 1. The molecule has 1 atom stereocenters. The molecule has 0 aromatic heterocycles. The van der Waals surface area contributed by atoms with Crippen molar-refractivity contribution in [1.82, 2.24) is 10.2 Å². The molecule has 0 aromatic carbocycles. The van der Waals surface area contributed by atoms with Crippen molar-refractivity contribution in [1.29, 1.82) is 0 Å². The van der Waals surface area contributed by atoms with Crippen LogP contribution in [0.15, 0.2) is 0 Å². The average Bonchev–Trinajstić information content (AvgIpc) is 2.29. The van der Waals surface area contributed by atoms with Crippen LogP contribution in [0.5, 0.6) is 0 Å². The highest BCUT2D eigenvalue weighted by atomic mass is 16.4. The predicted octanol–water partition coefficient (Wildman–Crippen LogP) is 1.17. The summed E-state index contributed by atoms with van der Waals surface area (Å²) < 4.78 is 0. The van der Waals surface area contributed by atoms with Gasteiger partial charge in [-0.15, -0.1) is 0 Å². The Morgan fingerprint density at radius 2 is 2.12 bits per heavy atom. The summed E-state index contributed by atoms with van der Waals surface area (Å²) in [6.45, 7) is 7.86. The smallest absolute Gasteiger partial charge is 0.320 e. The topological polar surface area (TPSA) is 52.6 Å². The second-order valence-corrected chi connectivity index (χ2v) is 4.70. The van der Waals surface area contributed by atoms with Gasteiger partial charge in [-0.25, -0.2) is 0 Å². The fourth-order valence-corrected chi connectivity index (χ4v) is 2.28. The molecule has 0 saturated carbocycles. The first-order valence-corrected chi connectivity index (χ1v) is 6.32. The highest BCUT2D eigenvalue weighted by molar-refractivity contribution is 5.72. The van der Waals surface area contributed by atoms with E-state index in [0.717, 1.165) is 32.6 Å². The van der Waals surface area contributed by atoms with Gasteiger partial charge in [-0.3, -0.25) is 9.69 Å². The monoisotopic (exact) mass is 228 g/mol. The first kappa shape index (κ1) is 13.5. The van der Waals surface area contributed by atoms with E-state index < -0.39 is 5.97 Å². The highest BCUT2D eigenvalue weighted by Crippen LogP contribution is 2.15. The maximum Gasteiger partial charge on any atom is 0.320 e.